The molecule has 3 fully saturated rings. The van der Waals surface area contributed by atoms with Crippen LogP contribution in [0.4, 0.5) is 0 Å². The van der Waals surface area contributed by atoms with E-state index in [1.165, 1.54) is 19.3 Å². The summed E-state index contributed by atoms with van der Waals surface area (Å²) in [6.45, 7) is 3.42. The summed E-state index contributed by atoms with van der Waals surface area (Å²) in [4.78, 5) is 29.2. The van der Waals surface area contributed by atoms with Crippen LogP contribution in [-0.4, -0.2) is 73.7 Å². The third kappa shape index (κ3) is 3.89. The third-order valence-electron chi connectivity index (χ3n) is 6.21. The summed E-state index contributed by atoms with van der Waals surface area (Å²) in [6, 6.07) is -0.0215. The summed E-state index contributed by atoms with van der Waals surface area (Å²) in [6.07, 6.45) is 12.5. The number of carbonyl (C=O) groups excluding carboxylic acids is 2. The predicted molar refractivity (Wildman–Crippen MR) is 101 cm³/mol. The van der Waals surface area contributed by atoms with Crippen molar-refractivity contribution in [1.29, 1.82) is 0 Å². The van der Waals surface area contributed by atoms with Gasteiger partial charge in [-0.05, 0) is 45.1 Å². The van der Waals surface area contributed by atoms with Crippen LogP contribution in [0.15, 0.2) is 23.8 Å². The molecule has 27 heavy (non-hydrogen) atoms. The largest absolute Gasteiger partial charge is 0.341 e. The van der Waals surface area contributed by atoms with E-state index < -0.39 is 5.79 Å². The van der Waals surface area contributed by atoms with E-state index in [4.69, 9.17) is 9.47 Å². The molecule has 0 spiro atoms. The van der Waals surface area contributed by atoms with Gasteiger partial charge in [0.15, 0.2) is 6.29 Å². The Labute approximate surface area is 161 Å². The minimum absolute atomic E-state index is 0.0215. The highest BCUT2D eigenvalue weighted by molar-refractivity contribution is 5.96. The molecule has 2 heterocycles. The van der Waals surface area contributed by atoms with E-state index in [1.807, 2.05) is 17.1 Å². The number of nitrogens with zero attached hydrogens (tertiary/aromatic N) is 2. The summed E-state index contributed by atoms with van der Waals surface area (Å²) in [5, 5.41) is 0. The molecule has 6 nitrogen and oxygen atoms in total. The van der Waals surface area contributed by atoms with Gasteiger partial charge in [-0.3, -0.25) is 14.5 Å². The predicted octanol–water partition coefficient (Wildman–Crippen LogP) is 1.76. The average molecular weight is 374 g/mol. The van der Waals surface area contributed by atoms with Crippen LogP contribution in [-0.2, 0) is 19.1 Å². The minimum atomic E-state index is -1.29. The van der Waals surface area contributed by atoms with E-state index in [9.17, 15) is 9.59 Å². The lowest BCUT2D eigenvalue weighted by Crippen LogP contribution is -2.52. The molecule has 1 amide bonds. The molecule has 0 radical (unpaired) electrons. The normalized spacial score (nSPS) is 30.4. The van der Waals surface area contributed by atoms with Crippen molar-refractivity contribution in [2.45, 2.75) is 43.9 Å². The molecule has 2 atom stereocenters. The maximum absolute atomic E-state index is 13.0. The molecule has 0 aromatic rings. The number of aldehydes is 1. The fourth-order valence-electron chi connectivity index (χ4n) is 4.48. The van der Waals surface area contributed by atoms with Gasteiger partial charge in [-0.15, -0.1) is 0 Å². The van der Waals surface area contributed by atoms with Crippen LogP contribution in [0.2, 0.25) is 0 Å². The Bertz CT molecular complexity index is 628. The smallest absolute Gasteiger partial charge is 0.253 e. The molecule has 4 rings (SSSR count). The molecule has 2 unspecified atom stereocenters. The van der Waals surface area contributed by atoms with Crippen molar-refractivity contribution in [3.63, 3.8) is 0 Å². The Morgan fingerprint density at radius 2 is 1.96 bits per heavy atom. The van der Waals surface area contributed by atoms with Gasteiger partial charge in [-0.25, -0.2) is 0 Å². The highest BCUT2D eigenvalue weighted by atomic mass is 16.7. The second-order valence-corrected chi connectivity index (χ2v) is 8.27. The summed E-state index contributed by atoms with van der Waals surface area (Å²) < 4.78 is 11.6. The highest BCUT2D eigenvalue weighted by Gasteiger charge is 2.49. The molecule has 2 aliphatic heterocycles. The first kappa shape index (κ1) is 18.8. The van der Waals surface area contributed by atoms with Gasteiger partial charge in [0.1, 0.15) is 0 Å². The quantitative estimate of drug-likeness (QED) is 0.663. The number of amides is 1. The minimum Gasteiger partial charge on any atom is -0.341 e. The van der Waals surface area contributed by atoms with Gasteiger partial charge in [-0.1, -0.05) is 18.2 Å². The number of carbonyl (C=O) groups is 2. The number of piperidine rings is 1. The average Bonchev–Trinajstić information content (AvgIpc) is 3.39. The molecule has 6 heteroatoms. The van der Waals surface area contributed by atoms with Gasteiger partial charge in [0.05, 0.1) is 19.1 Å². The SMILES string of the molecule is CN(CC1CC1)C1C=CC(C(=O)N2CCCCC2)=CC1C1(C=O)OCCO1. The number of hydrogen-bond acceptors (Lipinski definition) is 5. The van der Waals surface area contributed by atoms with E-state index in [0.29, 0.717) is 18.8 Å². The Hall–Kier alpha value is -1.50. The van der Waals surface area contributed by atoms with Gasteiger partial charge in [-0.2, -0.15) is 0 Å². The maximum atomic E-state index is 13.0. The van der Waals surface area contributed by atoms with Crippen molar-refractivity contribution in [2.24, 2.45) is 11.8 Å². The zero-order valence-electron chi connectivity index (χ0n) is 16.1. The van der Waals surface area contributed by atoms with Gasteiger partial charge in [0.25, 0.3) is 5.91 Å². The first-order valence-corrected chi connectivity index (χ1v) is 10.3. The number of likely N-dealkylation sites (N-methyl/N-ethyl adjacent to an activating group) is 1. The van der Waals surface area contributed by atoms with Gasteiger partial charge in [0.2, 0.25) is 5.79 Å². The van der Waals surface area contributed by atoms with Crippen LogP contribution < -0.4 is 0 Å². The van der Waals surface area contributed by atoms with Crippen LogP contribution >= 0.6 is 0 Å². The van der Waals surface area contributed by atoms with E-state index in [0.717, 1.165) is 44.7 Å². The Morgan fingerprint density at radius 1 is 1.26 bits per heavy atom. The lowest BCUT2D eigenvalue weighted by atomic mass is 9.83. The van der Waals surface area contributed by atoms with Crippen molar-refractivity contribution in [1.82, 2.24) is 9.80 Å². The summed E-state index contributed by atoms with van der Waals surface area (Å²) in [5.74, 6) is -0.823. The van der Waals surface area contributed by atoms with Crippen LogP contribution in [0.3, 0.4) is 0 Å². The maximum Gasteiger partial charge on any atom is 0.253 e. The lowest BCUT2D eigenvalue weighted by molar-refractivity contribution is -0.187. The molecule has 0 aromatic heterocycles. The number of rotatable bonds is 6. The second-order valence-electron chi connectivity index (χ2n) is 8.27. The highest BCUT2D eigenvalue weighted by Crippen LogP contribution is 2.38. The topological polar surface area (TPSA) is 59.1 Å². The van der Waals surface area contributed by atoms with Crippen molar-refractivity contribution in [2.75, 3.05) is 39.9 Å². The molecule has 0 bridgehead atoms. The second kappa shape index (κ2) is 7.86. The van der Waals surface area contributed by atoms with Crippen molar-refractivity contribution >= 4 is 12.2 Å². The summed E-state index contributed by atoms with van der Waals surface area (Å²) in [5.41, 5.74) is 0.651. The van der Waals surface area contributed by atoms with Gasteiger partial charge < -0.3 is 14.4 Å². The third-order valence-corrected chi connectivity index (χ3v) is 6.21. The van der Waals surface area contributed by atoms with Crippen LogP contribution in [0.5, 0.6) is 0 Å². The number of likely N-dealkylation sites (tertiary alicyclic amines) is 1. The molecular formula is C21H30N2O4. The van der Waals surface area contributed by atoms with E-state index in [2.05, 4.69) is 18.0 Å². The molecular weight excluding hydrogens is 344 g/mol. The molecule has 0 N–H and O–H groups in total. The zero-order chi connectivity index (χ0) is 18.9. The molecule has 2 saturated heterocycles. The van der Waals surface area contributed by atoms with Crippen molar-refractivity contribution in [3.8, 4) is 0 Å². The monoisotopic (exact) mass is 374 g/mol. The Kier molecular flexibility index (Phi) is 5.48. The standard InChI is InChI=1S/C21H30N2O4/c1-22(14-16-5-6-16)19-8-7-17(20(25)23-9-3-2-4-10-23)13-18(19)21(15-24)26-11-12-27-21/h7-8,13,15-16,18-19H,2-6,9-12,14H2,1H3. The molecule has 1 saturated carbocycles. The van der Waals surface area contributed by atoms with E-state index in [-0.39, 0.29) is 17.9 Å². The Morgan fingerprint density at radius 3 is 2.59 bits per heavy atom. The first-order valence-electron chi connectivity index (χ1n) is 10.3. The van der Waals surface area contributed by atoms with E-state index in [1.54, 1.807) is 0 Å². The fraction of sp³-hybridized carbons (Fsp3) is 0.714. The first-order chi connectivity index (χ1) is 13.1. The fourth-order valence-corrected chi connectivity index (χ4v) is 4.48. The number of ether oxygens (including phenoxy) is 2. The summed E-state index contributed by atoms with van der Waals surface area (Å²) in [7, 11) is 2.08. The number of hydrogen-bond donors (Lipinski definition) is 0. The lowest BCUT2D eigenvalue weighted by Gasteiger charge is -2.40. The Balaban J connectivity index is 1.59. The molecule has 4 aliphatic rings. The van der Waals surface area contributed by atoms with E-state index >= 15 is 0 Å². The summed E-state index contributed by atoms with van der Waals surface area (Å²) >= 11 is 0. The van der Waals surface area contributed by atoms with Gasteiger partial charge in [0, 0.05) is 31.2 Å². The van der Waals surface area contributed by atoms with Crippen LogP contribution in [0, 0.1) is 11.8 Å². The van der Waals surface area contributed by atoms with Crippen LogP contribution in [0.25, 0.3) is 0 Å². The van der Waals surface area contributed by atoms with Crippen molar-refractivity contribution in [3.05, 3.63) is 23.8 Å². The zero-order valence-corrected chi connectivity index (χ0v) is 16.1. The van der Waals surface area contributed by atoms with Gasteiger partial charge >= 0.3 is 0 Å². The molecule has 0 aromatic carbocycles. The van der Waals surface area contributed by atoms with Crippen molar-refractivity contribution < 1.29 is 19.1 Å². The molecule has 2 aliphatic carbocycles. The van der Waals surface area contributed by atoms with Crippen LogP contribution in [0.1, 0.15) is 32.1 Å². The molecule has 148 valence electrons.